The smallest absolute Gasteiger partial charge is 0.387 e. The average molecular weight is 642 g/mol. The second-order valence-electron chi connectivity index (χ2n) is 9.60. The molecule has 0 saturated carbocycles. The van der Waals surface area contributed by atoms with E-state index in [1.54, 1.807) is 0 Å². The number of ether oxygens (including phenoxy) is 2. The highest BCUT2D eigenvalue weighted by Gasteiger charge is 2.56. The van der Waals surface area contributed by atoms with E-state index >= 15 is 4.39 Å². The standard InChI is InChI=1S/C20H20FN10O10P2/c21-8-12-7(39-18(8)30-4-26-9-14(22)24-3-25-15(9)30)2-37-43(35)41-13-11(32)6(1-36-42(34)40-12)38-19(13)31-5-27-10-16(31)28-20(23)29-17(10)33/h3-8,11-13,18-19,32H,1-2H2,(H4-,22,23,24,25,28,29,33)/q+1/p+1/t6-,7-,8-,11-,12-,13-,18-,19-/m1/s1. The number of nitrogens with zero attached hydrogens (tertiary/aromatic N) is 7. The number of halogens is 1. The number of rotatable bonds is 2. The van der Waals surface area contributed by atoms with Crippen LogP contribution in [-0.2, 0) is 36.7 Å². The Morgan fingerprint density at radius 2 is 1.56 bits per heavy atom. The molecule has 10 atom stereocenters. The zero-order valence-electron chi connectivity index (χ0n) is 21.4. The number of aromatic amines is 1. The Labute approximate surface area is 239 Å². The monoisotopic (exact) mass is 642 g/mol. The number of nitrogens with one attached hydrogen (secondary N) is 1. The molecule has 23 heteroatoms. The molecule has 2 bridgehead atoms. The molecule has 3 aliphatic rings. The molecule has 43 heavy (non-hydrogen) atoms. The van der Waals surface area contributed by atoms with Gasteiger partial charge in [0.05, 0.1) is 12.7 Å². The highest BCUT2D eigenvalue weighted by molar-refractivity contribution is 7.33. The summed E-state index contributed by atoms with van der Waals surface area (Å²) in [4.78, 5) is 34.7. The van der Waals surface area contributed by atoms with E-state index in [1.807, 2.05) is 0 Å². The van der Waals surface area contributed by atoms with Crippen LogP contribution in [0, 0.1) is 0 Å². The second kappa shape index (κ2) is 10.8. The van der Waals surface area contributed by atoms with E-state index in [2.05, 4.69) is 29.9 Å². The third-order valence-electron chi connectivity index (χ3n) is 7.07. The van der Waals surface area contributed by atoms with Gasteiger partial charge >= 0.3 is 16.5 Å². The number of nitrogen functional groups attached to an aromatic ring is 2. The fraction of sp³-hybridized carbons (Fsp3) is 0.500. The van der Waals surface area contributed by atoms with Crippen LogP contribution in [0.4, 0.5) is 16.2 Å². The highest BCUT2D eigenvalue weighted by atomic mass is 31.1. The molecule has 7 heterocycles. The molecule has 0 amide bonds. The molecular weight excluding hydrogens is 621 g/mol. The third kappa shape index (κ3) is 4.84. The van der Waals surface area contributed by atoms with Gasteiger partial charge in [0.2, 0.25) is 5.95 Å². The number of hydrogen-bond donors (Lipinski definition) is 4. The normalized spacial score (nSPS) is 33.7. The lowest BCUT2D eigenvalue weighted by atomic mass is 10.1. The second-order valence-corrected chi connectivity index (χ2v) is 11.4. The summed E-state index contributed by atoms with van der Waals surface area (Å²) in [5.74, 6) is -0.145. The van der Waals surface area contributed by atoms with Crippen LogP contribution in [-0.4, -0.2) is 94.0 Å². The lowest BCUT2D eigenvalue weighted by molar-refractivity contribution is -0.0558. The van der Waals surface area contributed by atoms with Crippen LogP contribution in [0.2, 0.25) is 0 Å². The molecule has 7 rings (SSSR count). The molecule has 3 saturated heterocycles. The van der Waals surface area contributed by atoms with Crippen molar-refractivity contribution in [1.29, 1.82) is 0 Å². The van der Waals surface area contributed by atoms with Crippen LogP contribution >= 0.6 is 16.5 Å². The first-order chi connectivity index (χ1) is 20.7. The molecule has 0 aromatic carbocycles. The van der Waals surface area contributed by atoms with Crippen molar-refractivity contribution in [3.63, 3.8) is 0 Å². The van der Waals surface area contributed by atoms with E-state index in [4.69, 9.17) is 39.0 Å². The summed E-state index contributed by atoms with van der Waals surface area (Å²) in [5, 5.41) is 11.0. The van der Waals surface area contributed by atoms with E-state index in [1.165, 1.54) is 28.1 Å². The van der Waals surface area contributed by atoms with Crippen LogP contribution in [0.3, 0.4) is 0 Å². The Morgan fingerprint density at radius 3 is 2.33 bits per heavy atom. The molecule has 0 aliphatic carbocycles. The number of aliphatic hydroxyl groups is 1. The van der Waals surface area contributed by atoms with Gasteiger partial charge in [0.1, 0.15) is 43.4 Å². The zero-order valence-corrected chi connectivity index (χ0v) is 23.2. The number of imidazole rings is 2. The average Bonchev–Trinajstić information content (AvgIpc) is 3.72. The molecular formula is C20H21FN10O10P2+2. The van der Waals surface area contributed by atoms with Crippen molar-refractivity contribution in [3.05, 3.63) is 29.3 Å². The van der Waals surface area contributed by atoms with Crippen LogP contribution < -0.4 is 17.0 Å². The van der Waals surface area contributed by atoms with Crippen LogP contribution in [0.1, 0.15) is 12.5 Å². The Kier molecular flexibility index (Phi) is 7.07. The van der Waals surface area contributed by atoms with Gasteiger partial charge in [0.25, 0.3) is 5.56 Å². The predicted molar refractivity (Wildman–Crippen MR) is 138 cm³/mol. The number of nitrogens with two attached hydrogens (primary N) is 2. The first-order valence-corrected chi connectivity index (χ1v) is 14.7. The van der Waals surface area contributed by atoms with Gasteiger partial charge in [-0.2, -0.15) is 4.98 Å². The van der Waals surface area contributed by atoms with Gasteiger partial charge in [0, 0.05) is 9.13 Å². The van der Waals surface area contributed by atoms with E-state index in [0.717, 1.165) is 0 Å². The quantitative estimate of drug-likeness (QED) is 0.205. The molecule has 3 fully saturated rings. The van der Waals surface area contributed by atoms with Crippen LogP contribution in [0.15, 0.2) is 23.8 Å². The van der Waals surface area contributed by atoms with E-state index in [9.17, 15) is 19.0 Å². The van der Waals surface area contributed by atoms with Crippen LogP contribution in [0.25, 0.3) is 22.3 Å². The van der Waals surface area contributed by atoms with Gasteiger partial charge in [-0.1, -0.05) is 0 Å². The lowest BCUT2D eigenvalue weighted by Gasteiger charge is -2.17. The molecule has 2 unspecified atom stereocenters. The zero-order chi connectivity index (χ0) is 30.0. The first-order valence-electron chi connectivity index (χ1n) is 12.5. The number of aliphatic hydroxyl groups excluding tert-OH is 1. The Bertz CT molecular complexity index is 1800. The minimum atomic E-state index is -3.00. The van der Waals surface area contributed by atoms with Gasteiger partial charge < -0.3 is 26.0 Å². The number of aromatic nitrogens is 8. The SMILES string of the molecule is Nc1nc2c(ncn2[C@@H]2O[C@@H]3CO[P+](=O)O[C@H]4[C@@H](F)[C@H](n5cnc6c(N)ncnc65)O[C@@H]4CO[P+](=O)O[C@@H]2[C@@H]3O)c(=O)[nH]1. The molecule has 0 spiro atoms. The van der Waals surface area contributed by atoms with Gasteiger partial charge in [0.15, 0.2) is 53.5 Å². The molecule has 3 aliphatic heterocycles. The van der Waals surface area contributed by atoms with Gasteiger partial charge in [-0.3, -0.25) is 18.9 Å². The number of anilines is 2. The summed E-state index contributed by atoms with van der Waals surface area (Å²) < 4.78 is 77.3. The van der Waals surface area contributed by atoms with Crippen molar-refractivity contribution >= 4 is 50.6 Å². The minimum Gasteiger partial charge on any atom is -0.387 e. The number of H-pyrrole nitrogens is 1. The summed E-state index contributed by atoms with van der Waals surface area (Å²) in [6, 6.07) is 0. The maximum atomic E-state index is 15.8. The van der Waals surface area contributed by atoms with Crippen LogP contribution in [0.5, 0.6) is 0 Å². The molecule has 6 N–H and O–H groups in total. The summed E-state index contributed by atoms with van der Waals surface area (Å²) in [6.45, 7) is -1.07. The third-order valence-corrected chi connectivity index (χ3v) is 8.62. The number of fused-ring (bicyclic) bond motifs is 5. The first kappa shape index (κ1) is 28.1. The Morgan fingerprint density at radius 1 is 0.907 bits per heavy atom. The van der Waals surface area contributed by atoms with E-state index in [0.29, 0.717) is 0 Å². The van der Waals surface area contributed by atoms with Gasteiger partial charge in [-0.15, -0.1) is 18.1 Å². The summed E-state index contributed by atoms with van der Waals surface area (Å²) in [5.41, 5.74) is 11.2. The number of hydrogen-bond acceptors (Lipinski definition) is 17. The minimum absolute atomic E-state index is 0.0124. The van der Waals surface area contributed by atoms with E-state index in [-0.39, 0.29) is 34.1 Å². The molecule has 4 aromatic heterocycles. The highest BCUT2D eigenvalue weighted by Crippen LogP contribution is 2.45. The predicted octanol–water partition coefficient (Wildman–Crippen LogP) is -0.250. The molecule has 4 aromatic rings. The molecule has 226 valence electrons. The van der Waals surface area contributed by atoms with E-state index < -0.39 is 84.4 Å². The lowest BCUT2D eigenvalue weighted by Crippen LogP contribution is -2.34. The Hall–Kier alpha value is -3.65. The van der Waals surface area contributed by atoms with Crippen molar-refractivity contribution < 1.29 is 46.2 Å². The maximum absolute atomic E-state index is 15.8. The summed E-state index contributed by atoms with van der Waals surface area (Å²) in [7, 11) is -6.00. The topological polar surface area (TPSA) is 269 Å². The van der Waals surface area contributed by atoms with Crippen molar-refractivity contribution in [2.45, 2.75) is 49.1 Å². The fourth-order valence-electron chi connectivity index (χ4n) is 5.09. The number of alkyl halides is 1. The molecule has 20 nitrogen and oxygen atoms in total. The largest absolute Gasteiger partial charge is 0.698 e. The fourth-order valence-corrected chi connectivity index (χ4v) is 6.62. The van der Waals surface area contributed by atoms with Gasteiger partial charge in [-0.05, 0) is 0 Å². The molecule has 0 radical (unpaired) electrons. The summed E-state index contributed by atoms with van der Waals surface area (Å²) in [6.07, 6.45) is -7.86. The van der Waals surface area contributed by atoms with Crippen molar-refractivity contribution in [2.24, 2.45) is 0 Å². The van der Waals surface area contributed by atoms with Gasteiger partial charge in [-0.25, -0.2) is 24.3 Å². The summed E-state index contributed by atoms with van der Waals surface area (Å²) >= 11 is 0. The van der Waals surface area contributed by atoms with Crippen molar-refractivity contribution in [1.82, 2.24) is 39.0 Å². The van der Waals surface area contributed by atoms with Crippen molar-refractivity contribution in [2.75, 3.05) is 24.7 Å². The van der Waals surface area contributed by atoms with Crippen molar-refractivity contribution in [3.8, 4) is 0 Å². The maximum Gasteiger partial charge on any atom is 0.698 e. The Balaban J connectivity index is 1.16.